The maximum absolute atomic E-state index is 12.4. The standard InChI is InChI=1S/C19H22N2O3/c1-24-13-12-20-18(22)14-17(15-8-4-2-5-9-15)21-19(23)16-10-6-3-7-11-16/h2-11,17H,12-14H2,1H3,(H,20,22)(H,21,23). The second-order valence-electron chi connectivity index (χ2n) is 5.35. The van der Waals surface area contributed by atoms with Crippen molar-refractivity contribution < 1.29 is 14.3 Å². The van der Waals surface area contributed by atoms with E-state index in [2.05, 4.69) is 10.6 Å². The summed E-state index contributed by atoms with van der Waals surface area (Å²) in [5.74, 6) is -0.330. The minimum atomic E-state index is -0.388. The van der Waals surface area contributed by atoms with Gasteiger partial charge in [0.05, 0.1) is 19.1 Å². The van der Waals surface area contributed by atoms with E-state index in [4.69, 9.17) is 4.74 Å². The van der Waals surface area contributed by atoms with E-state index >= 15 is 0 Å². The Hall–Kier alpha value is -2.66. The number of amides is 2. The maximum Gasteiger partial charge on any atom is 0.251 e. The topological polar surface area (TPSA) is 67.4 Å². The van der Waals surface area contributed by atoms with Crippen molar-refractivity contribution in [2.45, 2.75) is 12.5 Å². The molecule has 126 valence electrons. The molecule has 2 aromatic carbocycles. The van der Waals surface area contributed by atoms with Crippen molar-refractivity contribution >= 4 is 11.8 Å². The van der Waals surface area contributed by atoms with Crippen LogP contribution in [0.3, 0.4) is 0 Å². The normalized spacial score (nSPS) is 11.5. The van der Waals surface area contributed by atoms with Crippen LogP contribution in [0, 0.1) is 0 Å². The van der Waals surface area contributed by atoms with Gasteiger partial charge in [0.2, 0.25) is 5.91 Å². The van der Waals surface area contributed by atoms with Crippen molar-refractivity contribution in [2.24, 2.45) is 0 Å². The number of carbonyl (C=O) groups is 2. The minimum Gasteiger partial charge on any atom is -0.383 e. The van der Waals surface area contributed by atoms with Crippen LogP contribution in [0.2, 0.25) is 0 Å². The Morgan fingerprint density at radius 2 is 1.62 bits per heavy atom. The molecule has 2 aromatic rings. The van der Waals surface area contributed by atoms with E-state index < -0.39 is 0 Å². The number of hydrogen-bond acceptors (Lipinski definition) is 3. The molecule has 5 nitrogen and oxygen atoms in total. The van der Waals surface area contributed by atoms with Crippen LogP contribution in [0.4, 0.5) is 0 Å². The van der Waals surface area contributed by atoms with Gasteiger partial charge in [0, 0.05) is 19.2 Å². The third-order valence-electron chi connectivity index (χ3n) is 3.56. The molecular formula is C19H22N2O3. The molecule has 0 spiro atoms. The molecule has 24 heavy (non-hydrogen) atoms. The summed E-state index contributed by atoms with van der Waals surface area (Å²) in [6.07, 6.45) is 0.173. The van der Waals surface area contributed by atoms with Gasteiger partial charge in [-0.05, 0) is 17.7 Å². The first-order valence-electron chi connectivity index (χ1n) is 7.87. The minimum absolute atomic E-state index is 0.130. The molecule has 1 atom stereocenters. The highest BCUT2D eigenvalue weighted by molar-refractivity contribution is 5.94. The summed E-state index contributed by atoms with van der Waals surface area (Å²) in [4.78, 5) is 24.5. The van der Waals surface area contributed by atoms with Crippen LogP contribution in [0.5, 0.6) is 0 Å². The van der Waals surface area contributed by atoms with E-state index in [0.717, 1.165) is 5.56 Å². The summed E-state index contributed by atoms with van der Waals surface area (Å²) in [6.45, 7) is 0.904. The molecule has 2 N–H and O–H groups in total. The Morgan fingerprint density at radius 3 is 2.25 bits per heavy atom. The molecule has 5 heteroatoms. The lowest BCUT2D eigenvalue weighted by Gasteiger charge is -2.19. The largest absolute Gasteiger partial charge is 0.383 e. The number of methoxy groups -OCH3 is 1. The van der Waals surface area contributed by atoms with Crippen molar-refractivity contribution in [2.75, 3.05) is 20.3 Å². The van der Waals surface area contributed by atoms with Crippen LogP contribution in [0.1, 0.15) is 28.4 Å². The van der Waals surface area contributed by atoms with Gasteiger partial charge in [0.1, 0.15) is 0 Å². The van der Waals surface area contributed by atoms with Crippen LogP contribution in [0.15, 0.2) is 60.7 Å². The zero-order chi connectivity index (χ0) is 17.2. The molecule has 1 unspecified atom stereocenters. The fourth-order valence-corrected chi connectivity index (χ4v) is 2.32. The van der Waals surface area contributed by atoms with Crippen LogP contribution in [-0.2, 0) is 9.53 Å². The van der Waals surface area contributed by atoms with Crippen molar-refractivity contribution in [1.82, 2.24) is 10.6 Å². The highest BCUT2D eigenvalue weighted by Crippen LogP contribution is 2.17. The molecule has 0 saturated heterocycles. The Kier molecular flexibility index (Phi) is 6.98. The molecule has 2 rings (SSSR count). The predicted octanol–water partition coefficient (Wildman–Crippen LogP) is 2.31. The Labute approximate surface area is 142 Å². The number of ether oxygens (including phenoxy) is 1. The van der Waals surface area contributed by atoms with Gasteiger partial charge < -0.3 is 15.4 Å². The van der Waals surface area contributed by atoms with Gasteiger partial charge in [0.25, 0.3) is 5.91 Å². The highest BCUT2D eigenvalue weighted by Gasteiger charge is 2.18. The molecule has 0 radical (unpaired) electrons. The van der Waals surface area contributed by atoms with E-state index in [1.807, 2.05) is 48.5 Å². The lowest BCUT2D eigenvalue weighted by molar-refractivity contribution is -0.121. The molecule has 0 fully saturated rings. The number of carbonyl (C=O) groups excluding carboxylic acids is 2. The monoisotopic (exact) mass is 326 g/mol. The fourth-order valence-electron chi connectivity index (χ4n) is 2.32. The summed E-state index contributed by atoms with van der Waals surface area (Å²) in [6, 6.07) is 18.1. The molecule has 0 saturated carbocycles. The van der Waals surface area contributed by atoms with Crippen molar-refractivity contribution in [3.63, 3.8) is 0 Å². The second-order valence-corrected chi connectivity index (χ2v) is 5.35. The Balaban J connectivity index is 2.06. The van der Waals surface area contributed by atoms with Crippen LogP contribution in [-0.4, -0.2) is 32.1 Å². The number of nitrogens with one attached hydrogen (secondary N) is 2. The first kappa shape index (κ1) is 17.7. The summed E-state index contributed by atoms with van der Waals surface area (Å²) in [7, 11) is 1.58. The van der Waals surface area contributed by atoms with Gasteiger partial charge in [-0.25, -0.2) is 0 Å². The molecule has 0 bridgehead atoms. The van der Waals surface area contributed by atoms with Gasteiger partial charge in [-0.1, -0.05) is 48.5 Å². The first-order chi connectivity index (χ1) is 11.7. The van der Waals surface area contributed by atoms with Crippen molar-refractivity contribution in [3.05, 3.63) is 71.8 Å². The zero-order valence-electron chi connectivity index (χ0n) is 13.7. The van der Waals surface area contributed by atoms with Gasteiger partial charge in [0.15, 0.2) is 0 Å². The zero-order valence-corrected chi connectivity index (χ0v) is 13.7. The summed E-state index contributed by atoms with van der Waals surface area (Å²) in [5.41, 5.74) is 1.46. The summed E-state index contributed by atoms with van der Waals surface area (Å²) >= 11 is 0. The van der Waals surface area contributed by atoms with Gasteiger partial charge >= 0.3 is 0 Å². The van der Waals surface area contributed by atoms with Crippen LogP contribution < -0.4 is 10.6 Å². The molecule has 0 aliphatic carbocycles. The smallest absolute Gasteiger partial charge is 0.251 e. The molecule has 0 aliphatic heterocycles. The Bertz CT molecular complexity index is 644. The molecular weight excluding hydrogens is 304 g/mol. The average Bonchev–Trinajstić information content (AvgIpc) is 2.63. The number of rotatable bonds is 8. The van der Waals surface area contributed by atoms with Crippen molar-refractivity contribution in [1.29, 1.82) is 0 Å². The fraction of sp³-hybridized carbons (Fsp3) is 0.263. The highest BCUT2D eigenvalue weighted by atomic mass is 16.5. The maximum atomic E-state index is 12.4. The Morgan fingerprint density at radius 1 is 1.00 bits per heavy atom. The lowest BCUT2D eigenvalue weighted by Crippen LogP contribution is -2.34. The van der Waals surface area contributed by atoms with E-state index in [1.54, 1.807) is 19.2 Å². The first-order valence-corrected chi connectivity index (χ1v) is 7.87. The second kappa shape index (κ2) is 9.47. The molecule has 0 aromatic heterocycles. The van der Waals surface area contributed by atoms with Gasteiger partial charge in [-0.2, -0.15) is 0 Å². The molecule has 0 heterocycles. The van der Waals surface area contributed by atoms with E-state index in [9.17, 15) is 9.59 Å². The van der Waals surface area contributed by atoms with Crippen molar-refractivity contribution in [3.8, 4) is 0 Å². The molecule has 2 amide bonds. The third kappa shape index (κ3) is 5.52. The predicted molar refractivity (Wildman–Crippen MR) is 92.6 cm³/mol. The molecule has 0 aliphatic rings. The van der Waals surface area contributed by atoms with Crippen LogP contribution in [0.25, 0.3) is 0 Å². The van der Waals surface area contributed by atoms with Gasteiger partial charge in [-0.3, -0.25) is 9.59 Å². The third-order valence-corrected chi connectivity index (χ3v) is 3.56. The SMILES string of the molecule is COCCNC(=O)CC(NC(=O)c1ccccc1)c1ccccc1. The van der Waals surface area contributed by atoms with Gasteiger partial charge in [-0.15, -0.1) is 0 Å². The number of hydrogen-bond donors (Lipinski definition) is 2. The summed E-state index contributed by atoms with van der Waals surface area (Å²) in [5, 5.41) is 5.72. The summed E-state index contributed by atoms with van der Waals surface area (Å²) < 4.78 is 4.92. The quantitative estimate of drug-likeness (QED) is 0.732. The average molecular weight is 326 g/mol. The van der Waals surface area contributed by atoms with E-state index in [0.29, 0.717) is 18.7 Å². The number of benzene rings is 2. The van der Waals surface area contributed by atoms with E-state index in [1.165, 1.54) is 0 Å². The lowest BCUT2D eigenvalue weighted by atomic mass is 10.0. The van der Waals surface area contributed by atoms with Crippen LogP contribution >= 0.6 is 0 Å². The van der Waals surface area contributed by atoms with E-state index in [-0.39, 0.29) is 24.3 Å².